The molecular weight excluding hydrogens is 356 g/mol. The Morgan fingerprint density at radius 2 is 1.17 bits per heavy atom. The van der Waals surface area contributed by atoms with Gasteiger partial charge in [0.1, 0.15) is 6.10 Å². The van der Waals surface area contributed by atoms with Gasteiger partial charge in [-0.1, -0.05) is 98.8 Å². The first kappa shape index (κ1) is 21.0. The highest BCUT2D eigenvalue weighted by atomic mass is 16.6. The molecule has 1 fully saturated rings. The minimum Gasteiger partial charge on any atom is -0.382 e. The van der Waals surface area contributed by atoms with E-state index in [2.05, 4.69) is 84.9 Å². The van der Waals surface area contributed by atoms with Crippen LogP contribution < -0.4 is 0 Å². The van der Waals surface area contributed by atoms with E-state index in [-0.39, 0.29) is 0 Å². The van der Waals surface area contributed by atoms with Crippen molar-refractivity contribution in [3.05, 3.63) is 96.1 Å². The molecule has 4 aromatic rings. The summed E-state index contributed by atoms with van der Waals surface area (Å²) in [6.07, 6.45) is 1.40. The second-order valence-electron chi connectivity index (χ2n) is 6.86. The lowest BCUT2D eigenvalue weighted by molar-refractivity contribution is 0.171. The van der Waals surface area contributed by atoms with Crippen LogP contribution in [0, 0.1) is 0 Å². The van der Waals surface area contributed by atoms with E-state index < -0.39 is 0 Å². The van der Waals surface area contributed by atoms with Gasteiger partial charge in [-0.15, -0.1) is 0 Å². The third-order valence-electron chi connectivity index (χ3n) is 4.90. The molecule has 1 heterocycles. The number of epoxide rings is 1. The molecular formula is C27H30O2. The van der Waals surface area contributed by atoms with Crippen LogP contribution in [-0.4, -0.2) is 26.4 Å². The molecule has 1 aliphatic rings. The van der Waals surface area contributed by atoms with Gasteiger partial charge in [0.2, 0.25) is 0 Å². The molecule has 150 valence electrons. The first-order chi connectivity index (χ1) is 14.3. The van der Waals surface area contributed by atoms with Crippen molar-refractivity contribution in [2.75, 3.05) is 20.3 Å². The Labute approximate surface area is 174 Å². The van der Waals surface area contributed by atoms with Crippen molar-refractivity contribution < 1.29 is 9.47 Å². The number of methoxy groups -OCH3 is 1. The van der Waals surface area contributed by atoms with Gasteiger partial charge in [-0.2, -0.15) is 0 Å². The van der Waals surface area contributed by atoms with E-state index in [1.54, 1.807) is 7.11 Å². The summed E-state index contributed by atoms with van der Waals surface area (Å²) in [6.45, 7) is 5.66. The van der Waals surface area contributed by atoms with Crippen molar-refractivity contribution in [2.45, 2.75) is 26.4 Å². The molecule has 2 heteroatoms. The maximum Gasteiger partial charge on any atom is 0.104 e. The highest BCUT2D eigenvalue weighted by Gasteiger charge is 2.21. The lowest BCUT2D eigenvalue weighted by atomic mass is 9.95. The Morgan fingerprint density at radius 3 is 1.59 bits per heavy atom. The van der Waals surface area contributed by atoms with Gasteiger partial charge in [-0.3, -0.25) is 0 Å². The Hall–Kier alpha value is -2.68. The monoisotopic (exact) mass is 386 g/mol. The van der Waals surface area contributed by atoms with Gasteiger partial charge in [0.05, 0.1) is 13.2 Å². The molecule has 2 nitrogen and oxygen atoms in total. The zero-order valence-corrected chi connectivity index (χ0v) is 17.6. The third-order valence-corrected chi connectivity index (χ3v) is 4.90. The fraction of sp³-hybridized carbons (Fsp3) is 0.259. The fourth-order valence-corrected chi connectivity index (χ4v) is 3.45. The van der Waals surface area contributed by atoms with Gasteiger partial charge in [-0.25, -0.2) is 0 Å². The van der Waals surface area contributed by atoms with Crippen LogP contribution in [-0.2, 0) is 15.9 Å². The first-order valence-corrected chi connectivity index (χ1v) is 10.4. The first-order valence-electron chi connectivity index (χ1n) is 10.4. The molecule has 0 spiro atoms. The second kappa shape index (κ2) is 10.8. The zero-order valence-electron chi connectivity index (χ0n) is 17.6. The molecule has 1 atom stereocenters. The maximum atomic E-state index is 4.82. The standard InChI is InChI=1S/C21H16.C4H8O2.C2H6/c1-3-13-20-16(7-1)9-5-11-18(20)15-19-12-6-10-17-8-2-4-14-21(17)19;1-5-2-4-3-6-4;1-2/h1-14H,15H2;4H,2-3H2,1H3;1-2H3. The van der Waals surface area contributed by atoms with E-state index in [0.29, 0.717) is 6.10 Å². The number of fused-ring (bicyclic) bond motifs is 2. The van der Waals surface area contributed by atoms with Gasteiger partial charge >= 0.3 is 0 Å². The summed E-state index contributed by atoms with van der Waals surface area (Å²) in [6, 6.07) is 30.4. The number of ether oxygens (including phenoxy) is 2. The van der Waals surface area contributed by atoms with Crippen LogP contribution in [0.25, 0.3) is 21.5 Å². The third kappa shape index (κ3) is 5.66. The molecule has 0 amide bonds. The van der Waals surface area contributed by atoms with Gasteiger partial charge in [0, 0.05) is 7.11 Å². The smallest absolute Gasteiger partial charge is 0.104 e. The molecule has 0 aromatic heterocycles. The van der Waals surface area contributed by atoms with Crippen LogP contribution in [0.4, 0.5) is 0 Å². The van der Waals surface area contributed by atoms with Crippen LogP contribution in [0.3, 0.4) is 0 Å². The molecule has 1 unspecified atom stereocenters. The van der Waals surface area contributed by atoms with Gasteiger partial charge in [0.15, 0.2) is 0 Å². The maximum absolute atomic E-state index is 4.82. The molecule has 0 radical (unpaired) electrons. The quantitative estimate of drug-likeness (QED) is 0.367. The normalized spacial score (nSPS) is 14.5. The van der Waals surface area contributed by atoms with Crippen molar-refractivity contribution in [1.82, 2.24) is 0 Å². The summed E-state index contributed by atoms with van der Waals surface area (Å²) >= 11 is 0. The average Bonchev–Trinajstić information content (AvgIpc) is 3.61. The lowest BCUT2D eigenvalue weighted by Gasteiger charge is -2.09. The van der Waals surface area contributed by atoms with Crippen LogP contribution in [0.15, 0.2) is 84.9 Å². The van der Waals surface area contributed by atoms with Crippen LogP contribution in [0.2, 0.25) is 0 Å². The minimum absolute atomic E-state index is 0.426. The molecule has 5 rings (SSSR count). The summed E-state index contributed by atoms with van der Waals surface area (Å²) in [7, 11) is 1.68. The van der Waals surface area contributed by atoms with Crippen LogP contribution in [0.5, 0.6) is 0 Å². The van der Waals surface area contributed by atoms with Crippen molar-refractivity contribution >= 4 is 21.5 Å². The van der Waals surface area contributed by atoms with Gasteiger partial charge in [0.25, 0.3) is 0 Å². The average molecular weight is 387 g/mol. The molecule has 0 bridgehead atoms. The summed E-state index contributed by atoms with van der Waals surface area (Å²) in [5.41, 5.74) is 2.79. The highest BCUT2D eigenvalue weighted by molar-refractivity contribution is 5.89. The Balaban J connectivity index is 0.000000256. The van der Waals surface area contributed by atoms with E-state index in [4.69, 9.17) is 9.47 Å². The number of hydrogen-bond donors (Lipinski definition) is 0. The Bertz CT molecular complexity index is 947. The minimum atomic E-state index is 0.426. The topological polar surface area (TPSA) is 21.8 Å². The van der Waals surface area contributed by atoms with E-state index in [0.717, 1.165) is 19.6 Å². The molecule has 1 saturated heterocycles. The van der Waals surface area contributed by atoms with E-state index in [1.165, 1.54) is 32.7 Å². The molecule has 1 aliphatic heterocycles. The summed E-state index contributed by atoms with van der Waals surface area (Å²) in [5, 5.41) is 5.34. The highest BCUT2D eigenvalue weighted by Crippen LogP contribution is 2.25. The summed E-state index contributed by atoms with van der Waals surface area (Å²) < 4.78 is 9.56. The van der Waals surface area contributed by atoms with Crippen molar-refractivity contribution in [2.24, 2.45) is 0 Å². The SMILES string of the molecule is CC.COCC1CO1.c1ccc2c(Cc3cccc4ccccc34)cccc2c1. The molecule has 0 saturated carbocycles. The number of rotatable bonds is 4. The second-order valence-corrected chi connectivity index (χ2v) is 6.86. The number of hydrogen-bond acceptors (Lipinski definition) is 2. The Morgan fingerprint density at radius 1 is 0.724 bits per heavy atom. The number of benzene rings is 4. The zero-order chi connectivity index (χ0) is 20.5. The van der Waals surface area contributed by atoms with Crippen LogP contribution in [0.1, 0.15) is 25.0 Å². The van der Waals surface area contributed by atoms with Crippen LogP contribution >= 0.6 is 0 Å². The molecule has 29 heavy (non-hydrogen) atoms. The fourth-order valence-electron chi connectivity index (χ4n) is 3.45. The van der Waals surface area contributed by atoms with Gasteiger partial charge in [-0.05, 0) is 39.1 Å². The van der Waals surface area contributed by atoms with E-state index in [1.807, 2.05) is 13.8 Å². The lowest BCUT2D eigenvalue weighted by Crippen LogP contribution is -1.94. The van der Waals surface area contributed by atoms with Gasteiger partial charge < -0.3 is 9.47 Å². The molecule has 4 aromatic carbocycles. The van der Waals surface area contributed by atoms with Crippen molar-refractivity contribution in [1.29, 1.82) is 0 Å². The summed E-state index contributed by atoms with van der Waals surface area (Å²) in [5.74, 6) is 0. The predicted octanol–water partition coefficient (Wildman–Crippen LogP) is 6.64. The van der Waals surface area contributed by atoms with Crippen molar-refractivity contribution in [3.63, 3.8) is 0 Å². The predicted molar refractivity (Wildman–Crippen MR) is 124 cm³/mol. The molecule has 0 N–H and O–H groups in total. The van der Waals surface area contributed by atoms with E-state index in [9.17, 15) is 0 Å². The Kier molecular flexibility index (Phi) is 7.80. The summed E-state index contributed by atoms with van der Waals surface area (Å²) in [4.78, 5) is 0. The molecule has 0 aliphatic carbocycles. The largest absolute Gasteiger partial charge is 0.382 e. The van der Waals surface area contributed by atoms with Crippen molar-refractivity contribution in [3.8, 4) is 0 Å². The van der Waals surface area contributed by atoms with E-state index >= 15 is 0 Å².